The zero-order valence-corrected chi connectivity index (χ0v) is 15.2. The highest BCUT2D eigenvalue weighted by Gasteiger charge is 2.34. The Balaban J connectivity index is 2.08. The van der Waals surface area contributed by atoms with Crippen LogP contribution >= 0.6 is 0 Å². The molecule has 0 bridgehead atoms. The van der Waals surface area contributed by atoms with Gasteiger partial charge in [0.15, 0.2) is 0 Å². The number of hydrogen-bond donors (Lipinski definition) is 1. The van der Waals surface area contributed by atoms with Gasteiger partial charge in [0.1, 0.15) is 0 Å². The van der Waals surface area contributed by atoms with Crippen LogP contribution in [-0.4, -0.2) is 27.4 Å². The number of sulfonamides is 1. The molecule has 0 saturated heterocycles. The van der Waals surface area contributed by atoms with Crippen molar-refractivity contribution in [2.45, 2.75) is 56.9 Å². The predicted molar refractivity (Wildman–Crippen MR) is 95.3 cm³/mol. The lowest BCUT2D eigenvalue weighted by Crippen LogP contribution is -2.32. The summed E-state index contributed by atoms with van der Waals surface area (Å²) < 4.78 is 27.8. The Hall–Kier alpha value is -1.66. The van der Waals surface area contributed by atoms with Crippen LogP contribution in [0.15, 0.2) is 28.7 Å². The summed E-state index contributed by atoms with van der Waals surface area (Å²) in [7, 11) is -1.83. The molecule has 1 fully saturated rings. The summed E-state index contributed by atoms with van der Waals surface area (Å²) in [4.78, 5) is 14.5. The number of carbonyl (C=O) groups is 1. The molecule has 0 unspecified atom stereocenters. The molecule has 3 rings (SSSR count). The van der Waals surface area contributed by atoms with E-state index in [9.17, 15) is 13.2 Å². The number of hydrogen-bond acceptors (Lipinski definition) is 3. The maximum atomic E-state index is 12.6. The summed E-state index contributed by atoms with van der Waals surface area (Å²) in [5.74, 6) is -0.0219. The molecule has 0 aromatic heterocycles. The summed E-state index contributed by atoms with van der Waals surface area (Å²) in [6, 6.07) is 4.85. The highest BCUT2D eigenvalue weighted by atomic mass is 32.2. The van der Waals surface area contributed by atoms with Gasteiger partial charge in [-0.1, -0.05) is 12.5 Å². The second kappa shape index (κ2) is 6.33. The molecule has 1 atom stereocenters. The maximum absolute atomic E-state index is 12.6. The molecular weight excluding hydrogens is 324 g/mol. The lowest BCUT2D eigenvalue weighted by molar-refractivity contribution is -0.112. The van der Waals surface area contributed by atoms with Crippen LogP contribution in [0.5, 0.6) is 0 Å². The van der Waals surface area contributed by atoms with Gasteiger partial charge in [-0.25, -0.2) is 13.1 Å². The first-order valence-corrected chi connectivity index (χ1v) is 10.00. The van der Waals surface area contributed by atoms with Crippen LogP contribution in [0, 0.1) is 0 Å². The Morgan fingerprint density at radius 2 is 1.92 bits per heavy atom. The number of carbonyl (C=O) groups excluding carboxylic acids is 1. The summed E-state index contributed by atoms with van der Waals surface area (Å²) in [6.45, 7) is 3.78. The van der Waals surface area contributed by atoms with Gasteiger partial charge in [0.2, 0.25) is 10.0 Å². The monoisotopic (exact) mass is 348 g/mol. The average Bonchev–Trinajstić information content (AvgIpc) is 3.14. The van der Waals surface area contributed by atoms with E-state index < -0.39 is 10.0 Å². The van der Waals surface area contributed by atoms with E-state index in [2.05, 4.69) is 4.72 Å². The van der Waals surface area contributed by atoms with Crippen molar-refractivity contribution in [1.29, 1.82) is 0 Å². The van der Waals surface area contributed by atoms with Gasteiger partial charge in [0.05, 0.1) is 10.6 Å². The lowest BCUT2D eigenvalue weighted by atomic mass is 10.00. The van der Waals surface area contributed by atoms with Crippen molar-refractivity contribution in [2.24, 2.45) is 0 Å². The van der Waals surface area contributed by atoms with Crippen LogP contribution in [0.25, 0.3) is 5.57 Å². The number of benzene rings is 1. The summed E-state index contributed by atoms with van der Waals surface area (Å²) in [6.07, 6.45) is 4.77. The second-order valence-corrected chi connectivity index (χ2v) is 8.37. The van der Waals surface area contributed by atoms with E-state index in [4.69, 9.17) is 0 Å². The minimum atomic E-state index is -3.58. The van der Waals surface area contributed by atoms with Crippen molar-refractivity contribution in [3.8, 4) is 0 Å². The molecule has 5 nitrogen and oxygen atoms in total. The molecule has 1 N–H and O–H groups in total. The van der Waals surface area contributed by atoms with E-state index in [1.54, 1.807) is 30.1 Å². The quantitative estimate of drug-likeness (QED) is 0.851. The van der Waals surface area contributed by atoms with Crippen LogP contribution in [0.1, 0.15) is 51.5 Å². The minimum Gasteiger partial charge on any atom is -0.311 e. The van der Waals surface area contributed by atoms with Crippen LogP contribution < -0.4 is 9.62 Å². The minimum absolute atomic E-state index is 0.0219. The number of rotatable bonds is 4. The van der Waals surface area contributed by atoms with E-state index in [0.717, 1.165) is 48.9 Å². The largest absolute Gasteiger partial charge is 0.311 e. The first-order valence-electron chi connectivity index (χ1n) is 8.52. The van der Waals surface area contributed by atoms with Crippen LogP contribution in [0.2, 0.25) is 0 Å². The molecule has 1 aromatic rings. The SMILES string of the molecule is CC[C@@H](C)NS(=O)(=O)c1ccc2c(c1)C(=C1CCCC1)C(=O)N2C. The summed E-state index contributed by atoms with van der Waals surface area (Å²) in [5.41, 5.74) is 3.42. The summed E-state index contributed by atoms with van der Waals surface area (Å²) >= 11 is 0. The molecule has 0 radical (unpaired) electrons. The zero-order chi connectivity index (χ0) is 17.5. The smallest absolute Gasteiger partial charge is 0.258 e. The fourth-order valence-electron chi connectivity index (χ4n) is 3.38. The van der Waals surface area contributed by atoms with E-state index in [-0.39, 0.29) is 16.8 Å². The van der Waals surface area contributed by atoms with E-state index in [1.165, 1.54) is 0 Å². The standard InChI is InChI=1S/C18H24N2O3S/c1-4-12(2)19-24(22,23)14-9-10-16-15(11-14)17(18(21)20(16)3)13-7-5-6-8-13/h9-12,19H,4-8H2,1-3H3/t12-/m1/s1. The van der Waals surface area contributed by atoms with Crippen molar-refractivity contribution in [2.75, 3.05) is 11.9 Å². The Morgan fingerprint density at radius 3 is 2.54 bits per heavy atom. The van der Waals surface area contributed by atoms with Gasteiger partial charge in [-0.3, -0.25) is 4.79 Å². The molecule has 0 spiro atoms. The summed E-state index contributed by atoms with van der Waals surface area (Å²) in [5, 5.41) is 0. The fraction of sp³-hybridized carbons (Fsp3) is 0.500. The second-order valence-electron chi connectivity index (χ2n) is 6.66. The molecule has 1 aliphatic carbocycles. The van der Waals surface area contributed by atoms with E-state index >= 15 is 0 Å². The van der Waals surface area contributed by atoms with Crippen LogP contribution in [-0.2, 0) is 14.8 Å². The maximum Gasteiger partial charge on any atom is 0.258 e. The molecule has 1 aromatic carbocycles. The normalized spacial score (nSPS) is 19.1. The number of allylic oxidation sites excluding steroid dienone is 1. The molecule has 6 heteroatoms. The Labute approximate surface area is 143 Å². The fourth-order valence-corrected chi connectivity index (χ4v) is 4.73. The first-order chi connectivity index (χ1) is 11.3. The number of fused-ring (bicyclic) bond motifs is 1. The lowest BCUT2D eigenvalue weighted by Gasteiger charge is -2.13. The molecule has 1 amide bonds. The van der Waals surface area contributed by atoms with Gasteiger partial charge in [-0.2, -0.15) is 0 Å². The Kier molecular flexibility index (Phi) is 4.53. The molecule has 130 valence electrons. The molecular formula is C18H24N2O3S. The van der Waals surface area contributed by atoms with Gasteiger partial charge in [0.25, 0.3) is 5.91 Å². The number of nitrogens with one attached hydrogen (secondary N) is 1. The number of anilines is 1. The molecule has 1 saturated carbocycles. The zero-order valence-electron chi connectivity index (χ0n) is 14.4. The third-order valence-corrected chi connectivity index (χ3v) is 6.54. The van der Waals surface area contributed by atoms with E-state index in [1.807, 2.05) is 13.8 Å². The van der Waals surface area contributed by atoms with Crippen molar-refractivity contribution in [1.82, 2.24) is 4.72 Å². The molecule has 1 heterocycles. The van der Waals surface area contributed by atoms with Gasteiger partial charge in [-0.15, -0.1) is 0 Å². The number of nitrogens with zero attached hydrogens (tertiary/aromatic N) is 1. The van der Waals surface area contributed by atoms with Gasteiger partial charge in [-0.05, 0) is 57.2 Å². The van der Waals surface area contributed by atoms with Gasteiger partial charge >= 0.3 is 0 Å². The molecule has 2 aliphatic rings. The van der Waals surface area contributed by atoms with Crippen molar-refractivity contribution in [3.05, 3.63) is 29.3 Å². The highest BCUT2D eigenvalue weighted by Crippen LogP contribution is 2.42. The Morgan fingerprint density at radius 1 is 1.25 bits per heavy atom. The van der Waals surface area contributed by atoms with Crippen molar-refractivity contribution in [3.63, 3.8) is 0 Å². The number of amides is 1. The third-order valence-electron chi connectivity index (χ3n) is 4.96. The van der Waals surface area contributed by atoms with Gasteiger partial charge in [0, 0.05) is 24.2 Å². The molecule has 24 heavy (non-hydrogen) atoms. The van der Waals surface area contributed by atoms with Crippen LogP contribution in [0.3, 0.4) is 0 Å². The number of likely N-dealkylation sites (N-methyl/N-ethyl adjacent to an activating group) is 1. The van der Waals surface area contributed by atoms with Crippen molar-refractivity contribution < 1.29 is 13.2 Å². The van der Waals surface area contributed by atoms with Gasteiger partial charge < -0.3 is 4.90 Å². The highest BCUT2D eigenvalue weighted by molar-refractivity contribution is 7.89. The average molecular weight is 348 g/mol. The predicted octanol–water partition coefficient (Wildman–Crippen LogP) is 3.07. The first kappa shape index (κ1) is 17.2. The topological polar surface area (TPSA) is 66.5 Å². The van der Waals surface area contributed by atoms with E-state index in [0.29, 0.717) is 5.57 Å². The Bertz CT molecular complexity index is 804. The molecule has 1 aliphatic heterocycles. The van der Waals surface area contributed by atoms with Crippen LogP contribution in [0.4, 0.5) is 5.69 Å². The third kappa shape index (κ3) is 2.89. The van der Waals surface area contributed by atoms with Crippen molar-refractivity contribution >= 4 is 27.2 Å².